The van der Waals surface area contributed by atoms with Crippen molar-refractivity contribution in [2.24, 2.45) is 0 Å². The van der Waals surface area contributed by atoms with E-state index in [-0.39, 0.29) is 29.4 Å². The van der Waals surface area contributed by atoms with Crippen LogP contribution in [0, 0.1) is 0 Å². The summed E-state index contributed by atoms with van der Waals surface area (Å²) in [6, 6.07) is 7.50. The molecule has 1 aromatic carbocycles. The van der Waals surface area contributed by atoms with Gasteiger partial charge >= 0.3 is 5.97 Å². The third kappa shape index (κ3) is 4.03. The standard InChI is InChI=1S/C26H29N3O5/c1-3-27-9-11-28(12-10-27)22-14-23-20(13-19(22)24-8-7-18(16-30)34-24)25(31)21(26(32)33-4-2)15-29(23)17-5-6-17/h7-8,13-17H,3-6,9-12H2,1-2H3. The van der Waals surface area contributed by atoms with E-state index >= 15 is 0 Å². The van der Waals surface area contributed by atoms with Crippen LogP contribution in [0.25, 0.3) is 22.2 Å². The van der Waals surface area contributed by atoms with Gasteiger partial charge in [-0.25, -0.2) is 4.79 Å². The first kappa shape index (κ1) is 22.4. The Hall–Kier alpha value is -3.39. The van der Waals surface area contributed by atoms with Crippen molar-refractivity contribution in [3.05, 3.63) is 52.0 Å². The molecule has 3 aromatic rings. The molecule has 0 unspecified atom stereocenters. The molecule has 8 nitrogen and oxygen atoms in total. The number of hydrogen-bond acceptors (Lipinski definition) is 7. The van der Waals surface area contributed by atoms with Gasteiger partial charge in [-0.3, -0.25) is 9.59 Å². The van der Waals surface area contributed by atoms with E-state index in [4.69, 9.17) is 9.15 Å². The summed E-state index contributed by atoms with van der Waals surface area (Å²) in [7, 11) is 0. The largest absolute Gasteiger partial charge is 0.462 e. The Balaban J connectivity index is 1.72. The highest BCUT2D eigenvalue weighted by Crippen LogP contribution is 2.40. The van der Waals surface area contributed by atoms with E-state index in [1.165, 1.54) is 0 Å². The van der Waals surface area contributed by atoms with Crippen molar-refractivity contribution >= 4 is 28.8 Å². The van der Waals surface area contributed by atoms with Crippen LogP contribution in [0.3, 0.4) is 0 Å². The molecular weight excluding hydrogens is 434 g/mol. The van der Waals surface area contributed by atoms with Gasteiger partial charge in [0.05, 0.1) is 12.1 Å². The molecule has 0 spiro atoms. The van der Waals surface area contributed by atoms with Gasteiger partial charge in [-0.2, -0.15) is 0 Å². The number of hydrogen-bond donors (Lipinski definition) is 0. The van der Waals surface area contributed by atoms with Crippen LogP contribution < -0.4 is 10.3 Å². The second-order valence-corrected chi connectivity index (χ2v) is 8.86. The number of anilines is 1. The van der Waals surface area contributed by atoms with E-state index in [2.05, 4.69) is 21.3 Å². The first-order chi connectivity index (χ1) is 16.5. The van der Waals surface area contributed by atoms with Crippen molar-refractivity contribution in [2.75, 3.05) is 44.2 Å². The number of aldehydes is 1. The van der Waals surface area contributed by atoms with Crippen LogP contribution in [0.5, 0.6) is 0 Å². The van der Waals surface area contributed by atoms with Gasteiger partial charge in [-0.15, -0.1) is 0 Å². The molecule has 1 saturated heterocycles. The normalized spacial score (nSPS) is 16.7. The molecule has 0 bridgehead atoms. The van der Waals surface area contributed by atoms with Gasteiger partial charge < -0.3 is 23.5 Å². The molecule has 0 radical (unpaired) electrons. The van der Waals surface area contributed by atoms with Crippen molar-refractivity contribution < 1.29 is 18.7 Å². The van der Waals surface area contributed by atoms with Crippen LogP contribution in [0.2, 0.25) is 0 Å². The number of aromatic nitrogens is 1. The van der Waals surface area contributed by atoms with Gasteiger partial charge in [-0.05, 0) is 50.6 Å². The summed E-state index contributed by atoms with van der Waals surface area (Å²) in [5.74, 6) is 0.148. The molecular formula is C26H29N3O5. The summed E-state index contributed by atoms with van der Waals surface area (Å²) in [6.07, 6.45) is 4.35. The number of carbonyl (C=O) groups is 2. The molecule has 2 fully saturated rings. The number of furan rings is 1. The number of esters is 1. The Morgan fingerprint density at radius 2 is 1.91 bits per heavy atom. The van der Waals surface area contributed by atoms with E-state index in [0.717, 1.165) is 62.3 Å². The molecule has 178 valence electrons. The smallest absolute Gasteiger partial charge is 0.343 e. The van der Waals surface area contributed by atoms with E-state index in [1.54, 1.807) is 25.3 Å². The maximum Gasteiger partial charge on any atom is 0.343 e. The number of likely N-dealkylation sites (N-methyl/N-ethyl adjacent to an activating group) is 1. The SMILES string of the molecule is CCOC(=O)c1cn(C2CC2)c2cc(N3CCN(CC)CC3)c(-c3ccc(C=O)o3)cc2c1=O. The lowest BCUT2D eigenvalue weighted by Crippen LogP contribution is -2.46. The lowest BCUT2D eigenvalue weighted by molar-refractivity contribution is 0.0524. The van der Waals surface area contributed by atoms with Crippen molar-refractivity contribution in [3.8, 4) is 11.3 Å². The summed E-state index contributed by atoms with van der Waals surface area (Å²) in [4.78, 5) is 42.0. The summed E-state index contributed by atoms with van der Waals surface area (Å²) in [5, 5.41) is 0.451. The molecule has 0 N–H and O–H groups in total. The molecule has 34 heavy (non-hydrogen) atoms. The first-order valence-corrected chi connectivity index (χ1v) is 12.0. The Morgan fingerprint density at radius 1 is 1.15 bits per heavy atom. The fraction of sp³-hybridized carbons (Fsp3) is 0.423. The van der Waals surface area contributed by atoms with Crippen LogP contribution in [0.15, 0.2) is 39.7 Å². The second kappa shape index (κ2) is 9.10. The highest BCUT2D eigenvalue weighted by molar-refractivity contribution is 5.97. The van der Waals surface area contributed by atoms with Crippen molar-refractivity contribution in [1.82, 2.24) is 9.47 Å². The third-order valence-electron chi connectivity index (χ3n) is 6.75. The number of carbonyl (C=O) groups excluding carboxylic acids is 2. The van der Waals surface area contributed by atoms with Crippen molar-refractivity contribution in [2.45, 2.75) is 32.7 Å². The van der Waals surface area contributed by atoms with Crippen molar-refractivity contribution in [3.63, 3.8) is 0 Å². The number of benzene rings is 1. The van der Waals surface area contributed by atoms with Gasteiger partial charge in [-0.1, -0.05) is 6.92 Å². The molecule has 0 amide bonds. The number of rotatable bonds is 7. The summed E-state index contributed by atoms with van der Waals surface area (Å²) < 4.78 is 13.0. The van der Waals surface area contributed by atoms with Crippen LogP contribution in [-0.4, -0.2) is 61.1 Å². The van der Waals surface area contributed by atoms with Gasteiger partial charge in [0, 0.05) is 55.1 Å². The number of fused-ring (bicyclic) bond motifs is 1. The number of piperazine rings is 1. The highest BCUT2D eigenvalue weighted by atomic mass is 16.5. The lowest BCUT2D eigenvalue weighted by Gasteiger charge is -2.36. The molecule has 2 aromatic heterocycles. The van der Waals surface area contributed by atoms with Crippen LogP contribution in [-0.2, 0) is 4.74 Å². The second-order valence-electron chi connectivity index (χ2n) is 8.86. The Bertz CT molecular complexity index is 1300. The number of pyridine rings is 1. The number of ether oxygens (including phenoxy) is 1. The number of nitrogens with zero attached hydrogens (tertiary/aromatic N) is 3. The Morgan fingerprint density at radius 3 is 2.53 bits per heavy atom. The van der Waals surface area contributed by atoms with Crippen LogP contribution in [0.1, 0.15) is 53.6 Å². The van der Waals surface area contributed by atoms with E-state index in [9.17, 15) is 14.4 Å². The van der Waals surface area contributed by atoms with Gasteiger partial charge in [0.2, 0.25) is 5.43 Å². The molecule has 1 aliphatic heterocycles. The maximum atomic E-state index is 13.4. The monoisotopic (exact) mass is 463 g/mol. The molecule has 3 heterocycles. The summed E-state index contributed by atoms with van der Waals surface area (Å²) in [5.41, 5.74) is 2.21. The quantitative estimate of drug-likeness (QED) is 0.390. The summed E-state index contributed by atoms with van der Waals surface area (Å²) >= 11 is 0. The minimum atomic E-state index is -0.605. The molecule has 5 rings (SSSR count). The molecule has 0 atom stereocenters. The zero-order valence-electron chi connectivity index (χ0n) is 19.6. The van der Waals surface area contributed by atoms with Gasteiger partial charge in [0.15, 0.2) is 12.0 Å². The third-order valence-corrected chi connectivity index (χ3v) is 6.75. The molecule has 2 aliphatic rings. The minimum absolute atomic E-state index is 0.0459. The fourth-order valence-corrected chi connectivity index (χ4v) is 4.72. The Labute approximate surface area is 197 Å². The van der Waals surface area contributed by atoms with Gasteiger partial charge in [0.25, 0.3) is 0 Å². The highest BCUT2D eigenvalue weighted by Gasteiger charge is 2.29. The predicted octanol–water partition coefficient (Wildman–Crippen LogP) is 3.73. The van der Waals surface area contributed by atoms with Crippen LogP contribution >= 0.6 is 0 Å². The Kier molecular flexibility index (Phi) is 6.00. The minimum Gasteiger partial charge on any atom is -0.462 e. The summed E-state index contributed by atoms with van der Waals surface area (Å²) in [6.45, 7) is 8.70. The molecule has 8 heteroatoms. The average molecular weight is 464 g/mol. The van der Waals surface area contributed by atoms with E-state index < -0.39 is 5.97 Å². The average Bonchev–Trinajstić information content (AvgIpc) is 3.59. The van der Waals surface area contributed by atoms with Crippen LogP contribution in [0.4, 0.5) is 5.69 Å². The predicted molar refractivity (Wildman–Crippen MR) is 130 cm³/mol. The zero-order chi connectivity index (χ0) is 23.8. The van der Waals surface area contributed by atoms with Gasteiger partial charge in [0.1, 0.15) is 11.3 Å². The van der Waals surface area contributed by atoms with Crippen molar-refractivity contribution in [1.29, 1.82) is 0 Å². The van der Waals surface area contributed by atoms with E-state index in [0.29, 0.717) is 17.4 Å². The lowest BCUT2D eigenvalue weighted by atomic mass is 10.0. The van der Waals surface area contributed by atoms with E-state index in [1.807, 2.05) is 12.1 Å². The topological polar surface area (TPSA) is 85.0 Å². The zero-order valence-corrected chi connectivity index (χ0v) is 19.6. The fourth-order valence-electron chi connectivity index (χ4n) is 4.72. The molecule has 1 saturated carbocycles. The maximum absolute atomic E-state index is 13.4. The first-order valence-electron chi connectivity index (χ1n) is 12.0. The molecule has 1 aliphatic carbocycles.